The van der Waals surface area contributed by atoms with Crippen LogP contribution in [0.2, 0.25) is 0 Å². The second-order valence-corrected chi connectivity index (χ2v) is 6.39. The number of halogens is 2. The van der Waals surface area contributed by atoms with E-state index in [1.165, 1.54) is 12.1 Å². The van der Waals surface area contributed by atoms with E-state index in [1.54, 1.807) is 17.4 Å². The van der Waals surface area contributed by atoms with E-state index in [2.05, 4.69) is 15.9 Å². The number of benzene rings is 1. The van der Waals surface area contributed by atoms with E-state index in [-0.39, 0.29) is 11.9 Å². The number of hydrogen-bond donors (Lipinski definition) is 1. The minimum atomic E-state index is -0.307. The fourth-order valence-corrected chi connectivity index (χ4v) is 3.04. The minimum Gasteiger partial charge on any atom is -0.483 e. The van der Waals surface area contributed by atoms with Crippen LogP contribution in [0.5, 0.6) is 5.75 Å². The molecule has 2 N–H and O–H groups in total. The first-order chi connectivity index (χ1) is 8.60. The number of hydrogen-bond acceptors (Lipinski definition) is 3. The van der Waals surface area contributed by atoms with Crippen molar-refractivity contribution in [2.24, 2.45) is 5.73 Å². The summed E-state index contributed by atoms with van der Waals surface area (Å²) in [5.74, 6) is 0.230. The van der Waals surface area contributed by atoms with Gasteiger partial charge >= 0.3 is 0 Å². The second-order valence-electron chi connectivity index (χ2n) is 3.89. The molecule has 0 aliphatic carbocycles. The Balaban J connectivity index is 2.22. The number of nitrogens with two attached hydrogens (primary N) is 1. The van der Waals surface area contributed by atoms with Crippen molar-refractivity contribution in [2.75, 3.05) is 6.54 Å². The van der Waals surface area contributed by atoms with Crippen LogP contribution in [0.15, 0.2) is 34.1 Å². The van der Waals surface area contributed by atoms with Crippen LogP contribution in [0.1, 0.15) is 16.5 Å². The van der Waals surface area contributed by atoms with Gasteiger partial charge in [0.15, 0.2) is 0 Å². The van der Waals surface area contributed by atoms with E-state index in [0.717, 1.165) is 14.2 Å². The van der Waals surface area contributed by atoms with Crippen LogP contribution in [-0.2, 0) is 0 Å². The topological polar surface area (TPSA) is 35.2 Å². The lowest BCUT2D eigenvalue weighted by atomic mass is 10.2. The third kappa shape index (κ3) is 3.10. The molecular formula is C13H13BrFNOS. The standard InChI is InChI=1S/C13H13BrFNOS/c1-8-2-3-9(15)6-10(8)17-11(7-16)12-4-5-13(14)18-12/h2-6,11H,7,16H2,1H3. The zero-order chi connectivity index (χ0) is 13.1. The summed E-state index contributed by atoms with van der Waals surface area (Å²) >= 11 is 4.97. The fourth-order valence-electron chi connectivity index (χ4n) is 1.58. The highest BCUT2D eigenvalue weighted by molar-refractivity contribution is 9.11. The molecule has 1 aromatic carbocycles. The first-order valence-electron chi connectivity index (χ1n) is 5.48. The molecule has 0 fully saturated rings. The summed E-state index contributed by atoms with van der Waals surface area (Å²) in [6.07, 6.45) is -0.248. The van der Waals surface area contributed by atoms with Crippen molar-refractivity contribution in [2.45, 2.75) is 13.0 Å². The van der Waals surface area contributed by atoms with Crippen molar-refractivity contribution in [3.8, 4) is 5.75 Å². The van der Waals surface area contributed by atoms with Crippen LogP contribution in [0.3, 0.4) is 0 Å². The Kier molecular flexibility index (Phi) is 4.37. The molecule has 1 atom stereocenters. The van der Waals surface area contributed by atoms with Crippen LogP contribution in [0.25, 0.3) is 0 Å². The van der Waals surface area contributed by atoms with Gasteiger partial charge in [-0.2, -0.15) is 0 Å². The van der Waals surface area contributed by atoms with Gasteiger partial charge in [-0.05, 0) is 46.6 Å². The van der Waals surface area contributed by atoms with Crippen molar-refractivity contribution in [3.63, 3.8) is 0 Å². The SMILES string of the molecule is Cc1ccc(F)cc1OC(CN)c1ccc(Br)s1. The average molecular weight is 330 g/mol. The van der Waals surface area contributed by atoms with Crippen molar-refractivity contribution < 1.29 is 9.13 Å². The predicted molar refractivity (Wildman–Crippen MR) is 75.6 cm³/mol. The first kappa shape index (κ1) is 13.5. The summed E-state index contributed by atoms with van der Waals surface area (Å²) < 4.78 is 20.0. The largest absolute Gasteiger partial charge is 0.483 e. The molecular weight excluding hydrogens is 317 g/mol. The molecule has 0 spiro atoms. The number of rotatable bonds is 4. The zero-order valence-corrected chi connectivity index (χ0v) is 12.2. The van der Waals surface area contributed by atoms with Gasteiger partial charge < -0.3 is 10.5 Å². The highest BCUT2D eigenvalue weighted by Crippen LogP contribution is 2.31. The molecule has 1 heterocycles. The summed E-state index contributed by atoms with van der Waals surface area (Å²) in [6, 6.07) is 8.41. The van der Waals surface area contributed by atoms with Crippen LogP contribution in [0.4, 0.5) is 4.39 Å². The minimum absolute atomic E-state index is 0.248. The number of ether oxygens (including phenoxy) is 1. The molecule has 0 radical (unpaired) electrons. The van der Waals surface area contributed by atoms with Crippen molar-refractivity contribution in [1.29, 1.82) is 0 Å². The Morgan fingerprint density at radius 1 is 1.39 bits per heavy atom. The maximum absolute atomic E-state index is 13.2. The third-order valence-electron chi connectivity index (χ3n) is 2.54. The molecule has 2 nitrogen and oxygen atoms in total. The van der Waals surface area contributed by atoms with E-state index in [0.29, 0.717) is 12.3 Å². The summed E-state index contributed by atoms with van der Waals surface area (Å²) in [6.45, 7) is 2.23. The van der Waals surface area contributed by atoms with Gasteiger partial charge in [0.25, 0.3) is 0 Å². The normalized spacial score (nSPS) is 12.4. The van der Waals surface area contributed by atoms with Crippen LogP contribution in [0, 0.1) is 12.7 Å². The molecule has 0 bridgehead atoms. The van der Waals surface area contributed by atoms with Gasteiger partial charge in [0.05, 0.1) is 3.79 Å². The van der Waals surface area contributed by atoms with Gasteiger partial charge in [0, 0.05) is 17.5 Å². The smallest absolute Gasteiger partial charge is 0.145 e. The van der Waals surface area contributed by atoms with E-state index < -0.39 is 0 Å². The van der Waals surface area contributed by atoms with Gasteiger partial charge in [-0.3, -0.25) is 0 Å². The predicted octanol–water partition coefficient (Wildman–Crippen LogP) is 4.04. The molecule has 0 aliphatic rings. The Bertz CT molecular complexity index is 544. The maximum atomic E-state index is 13.2. The van der Waals surface area contributed by atoms with Crippen molar-refractivity contribution in [3.05, 3.63) is 50.4 Å². The molecule has 0 amide bonds. The number of aryl methyl sites for hydroxylation is 1. The Morgan fingerprint density at radius 3 is 2.78 bits per heavy atom. The van der Waals surface area contributed by atoms with E-state index in [4.69, 9.17) is 10.5 Å². The van der Waals surface area contributed by atoms with Crippen LogP contribution >= 0.6 is 27.3 Å². The lowest BCUT2D eigenvalue weighted by Crippen LogP contribution is -2.17. The summed E-state index contributed by atoms with van der Waals surface area (Å²) in [5.41, 5.74) is 6.62. The fraction of sp³-hybridized carbons (Fsp3) is 0.231. The van der Waals surface area contributed by atoms with Gasteiger partial charge in [-0.1, -0.05) is 6.07 Å². The van der Waals surface area contributed by atoms with Crippen molar-refractivity contribution >= 4 is 27.3 Å². The molecule has 0 saturated carbocycles. The molecule has 1 unspecified atom stereocenters. The molecule has 2 aromatic rings. The second kappa shape index (κ2) is 5.82. The molecule has 18 heavy (non-hydrogen) atoms. The molecule has 0 aliphatic heterocycles. The van der Waals surface area contributed by atoms with Gasteiger partial charge in [-0.25, -0.2) is 4.39 Å². The van der Waals surface area contributed by atoms with E-state index >= 15 is 0 Å². The third-order valence-corrected chi connectivity index (χ3v) is 4.26. The zero-order valence-electron chi connectivity index (χ0n) is 9.82. The Hall–Kier alpha value is -0.910. The monoisotopic (exact) mass is 329 g/mol. The summed E-state index contributed by atoms with van der Waals surface area (Å²) in [4.78, 5) is 1.02. The molecule has 2 rings (SSSR count). The molecule has 1 aromatic heterocycles. The van der Waals surface area contributed by atoms with E-state index in [1.807, 2.05) is 19.1 Å². The Labute approximate surface area is 118 Å². The molecule has 0 saturated heterocycles. The first-order valence-corrected chi connectivity index (χ1v) is 7.09. The van der Waals surface area contributed by atoms with Crippen molar-refractivity contribution in [1.82, 2.24) is 0 Å². The molecule has 5 heteroatoms. The number of thiophene rings is 1. The lowest BCUT2D eigenvalue weighted by Gasteiger charge is -2.17. The van der Waals surface area contributed by atoms with Crippen LogP contribution < -0.4 is 10.5 Å². The lowest BCUT2D eigenvalue weighted by molar-refractivity contribution is 0.215. The maximum Gasteiger partial charge on any atom is 0.145 e. The quantitative estimate of drug-likeness (QED) is 0.918. The van der Waals surface area contributed by atoms with Crippen LogP contribution in [-0.4, -0.2) is 6.54 Å². The highest BCUT2D eigenvalue weighted by Gasteiger charge is 2.15. The highest BCUT2D eigenvalue weighted by atomic mass is 79.9. The van der Waals surface area contributed by atoms with E-state index in [9.17, 15) is 4.39 Å². The molecule has 96 valence electrons. The van der Waals surface area contributed by atoms with Gasteiger partial charge in [0.1, 0.15) is 17.7 Å². The average Bonchev–Trinajstić information content (AvgIpc) is 2.77. The van der Waals surface area contributed by atoms with Gasteiger partial charge in [-0.15, -0.1) is 11.3 Å². The van der Waals surface area contributed by atoms with Gasteiger partial charge in [0.2, 0.25) is 0 Å². The Morgan fingerprint density at radius 2 is 2.17 bits per heavy atom. The summed E-state index contributed by atoms with van der Waals surface area (Å²) in [5, 5.41) is 0. The summed E-state index contributed by atoms with van der Waals surface area (Å²) in [7, 11) is 0.